The average Bonchev–Trinajstić information content (AvgIpc) is 2.19. The summed E-state index contributed by atoms with van der Waals surface area (Å²) in [6.45, 7) is 5.92. The zero-order valence-electron chi connectivity index (χ0n) is 8.67. The number of carbonyl (C=O) groups excluding carboxylic acids is 1. The molecule has 0 fully saturated rings. The van der Waals surface area contributed by atoms with E-state index < -0.39 is 0 Å². The molecule has 0 aromatic carbocycles. The summed E-state index contributed by atoms with van der Waals surface area (Å²) in [7, 11) is 0. The van der Waals surface area contributed by atoms with Crippen LogP contribution in [0.5, 0.6) is 0 Å². The summed E-state index contributed by atoms with van der Waals surface area (Å²) in [6, 6.07) is 0. The number of nitrogens with one attached hydrogen (secondary N) is 2. The molecule has 0 bridgehead atoms. The maximum absolute atomic E-state index is 11.5. The Kier molecular flexibility index (Phi) is 7.04. The number of hydrogen-bond acceptors (Lipinski definition) is 3. The Hall–Kier alpha value is -0.880. The van der Waals surface area contributed by atoms with Crippen molar-refractivity contribution in [2.75, 3.05) is 19.6 Å². The van der Waals surface area contributed by atoms with Crippen molar-refractivity contribution in [3.63, 3.8) is 0 Å². The number of rotatable bonds is 5. The van der Waals surface area contributed by atoms with E-state index in [4.69, 9.17) is 18.1 Å². The summed E-state index contributed by atoms with van der Waals surface area (Å²) in [5.74, 6) is 5.18. The second kappa shape index (κ2) is 7.52. The Bertz CT molecular complexity index is 194. The van der Waals surface area contributed by atoms with E-state index in [0.717, 1.165) is 13.1 Å². The molecule has 0 saturated heterocycles. The minimum absolute atomic E-state index is 0.127. The Morgan fingerprint density at radius 2 is 2.00 bits per heavy atom. The van der Waals surface area contributed by atoms with E-state index in [1.54, 1.807) is 4.90 Å². The van der Waals surface area contributed by atoms with Gasteiger partial charge in [-0.15, -0.1) is 0 Å². The molecule has 0 atom stereocenters. The first-order chi connectivity index (χ1) is 6.65. The molecule has 0 radical (unpaired) electrons. The molecule has 14 heavy (non-hydrogen) atoms. The Morgan fingerprint density at radius 3 is 2.43 bits per heavy atom. The summed E-state index contributed by atoms with van der Waals surface area (Å²) in [5.41, 5.74) is 2.29. The lowest BCUT2D eigenvalue weighted by molar-refractivity contribution is -0.130. The number of nitrogens with zero attached hydrogens (tertiary/aromatic N) is 1. The number of nitrogens with two attached hydrogens (primary N) is 1. The summed E-state index contributed by atoms with van der Waals surface area (Å²) in [6.07, 6.45) is 0.434. The van der Waals surface area contributed by atoms with Crippen molar-refractivity contribution in [3.8, 4) is 0 Å². The highest BCUT2D eigenvalue weighted by Gasteiger charge is 2.08. The van der Waals surface area contributed by atoms with E-state index in [0.29, 0.717) is 18.1 Å². The van der Waals surface area contributed by atoms with E-state index >= 15 is 0 Å². The van der Waals surface area contributed by atoms with Gasteiger partial charge in [0, 0.05) is 26.1 Å². The van der Waals surface area contributed by atoms with Gasteiger partial charge in [-0.05, 0) is 26.1 Å². The van der Waals surface area contributed by atoms with Crippen LogP contribution in [0.4, 0.5) is 0 Å². The number of hydrazine groups is 1. The van der Waals surface area contributed by atoms with Gasteiger partial charge in [-0.3, -0.25) is 4.79 Å². The van der Waals surface area contributed by atoms with Crippen LogP contribution in [0.3, 0.4) is 0 Å². The largest absolute Gasteiger partial charge is 0.361 e. The van der Waals surface area contributed by atoms with Crippen LogP contribution >= 0.6 is 12.2 Å². The van der Waals surface area contributed by atoms with Crippen molar-refractivity contribution in [2.24, 2.45) is 5.84 Å². The summed E-state index contributed by atoms with van der Waals surface area (Å²) < 4.78 is 0. The predicted molar refractivity (Wildman–Crippen MR) is 60.5 cm³/mol. The first-order valence-corrected chi connectivity index (χ1v) is 5.08. The van der Waals surface area contributed by atoms with Crippen molar-refractivity contribution in [3.05, 3.63) is 0 Å². The lowest BCUT2D eigenvalue weighted by Crippen LogP contribution is -2.41. The van der Waals surface area contributed by atoms with Crippen LogP contribution in [-0.2, 0) is 4.79 Å². The standard InChI is InChI=1S/C8H18N4OS/c1-3-12(4-2)7(13)5-6-10-8(14)11-9/h3-6,9H2,1-2H3,(H2,10,11,14). The van der Waals surface area contributed by atoms with Gasteiger partial charge in [-0.1, -0.05) is 0 Å². The molecular weight excluding hydrogens is 200 g/mol. The fraction of sp³-hybridized carbons (Fsp3) is 0.750. The number of carbonyl (C=O) groups is 1. The third kappa shape index (κ3) is 4.98. The monoisotopic (exact) mass is 218 g/mol. The van der Waals surface area contributed by atoms with Crippen LogP contribution in [0.1, 0.15) is 20.3 Å². The van der Waals surface area contributed by atoms with Crippen molar-refractivity contribution < 1.29 is 4.79 Å². The highest BCUT2D eigenvalue weighted by molar-refractivity contribution is 7.80. The third-order valence-corrected chi connectivity index (χ3v) is 2.13. The molecule has 4 N–H and O–H groups in total. The SMILES string of the molecule is CCN(CC)C(=O)CCNC(=S)NN. The zero-order chi connectivity index (χ0) is 11.0. The molecule has 0 saturated carbocycles. The summed E-state index contributed by atoms with van der Waals surface area (Å²) in [5, 5.41) is 3.17. The number of thiocarbonyl (C=S) groups is 1. The molecule has 0 rings (SSSR count). The van der Waals surface area contributed by atoms with Crippen molar-refractivity contribution in [2.45, 2.75) is 20.3 Å². The van der Waals surface area contributed by atoms with Crippen LogP contribution in [0, 0.1) is 0 Å². The van der Waals surface area contributed by atoms with Gasteiger partial charge in [0.15, 0.2) is 5.11 Å². The van der Waals surface area contributed by atoms with Crippen LogP contribution in [-0.4, -0.2) is 35.6 Å². The van der Waals surface area contributed by atoms with Gasteiger partial charge >= 0.3 is 0 Å². The molecule has 0 unspecified atom stereocenters. The van der Waals surface area contributed by atoms with E-state index in [-0.39, 0.29) is 5.91 Å². The smallest absolute Gasteiger partial charge is 0.224 e. The minimum Gasteiger partial charge on any atom is -0.361 e. The van der Waals surface area contributed by atoms with Gasteiger partial charge in [-0.25, -0.2) is 5.84 Å². The van der Waals surface area contributed by atoms with E-state index in [2.05, 4.69) is 10.7 Å². The molecule has 1 amide bonds. The van der Waals surface area contributed by atoms with Crippen LogP contribution in [0.2, 0.25) is 0 Å². The van der Waals surface area contributed by atoms with Gasteiger partial charge < -0.3 is 15.6 Å². The van der Waals surface area contributed by atoms with Crippen molar-refractivity contribution in [1.29, 1.82) is 0 Å². The number of hydrogen-bond donors (Lipinski definition) is 3. The molecule has 82 valence electrons. The van der Waals surface area contributed by atoms with E-state index in [9.17, 15) is 4.79 Å². The molecule has 0 aliphatic rings. The number of amides is 1. The normalized spacial score (nSPS) is 9.36. The average molecular weight is 218 g/mol. The van der Waals surface area contributed by atoms with Gasteiger partial charge in [0.1, 0.15) is 0 Å². The molecular formula is C8H18N4OS. The fourth-order valence-electron chi connectivity index (χ4n) is 1.07. The summed E-state index contributed by atoms with van der Waals surface area (Å²) >= 11 is 4.76. The predicted octanol–water partition coefficient (Wildman–Crippen LogP) is -0.417. The lowest BCUT2D eigenvalue weighted by Gasteiger charge is -2.18. The zero-order valence-corrected chi connectivity index (χ0v) is 9.49. The maximum atomic E-state index is 11.5. The second-order valence-electron chi connectivity index (χ2n) is 2.72. The fourth-order valence-corrected chi connectivity index (χ4v) is 1.17. The molecule has 0 aliphatic carbocycles. The van der Waals surface area contributed by atoms with Crippen LogP contribution in [0.15, 0.2) is 0 Å². The molecule has 6 heteroatoms. The second-order valence-corrected chi connectivity index (χ2v) is 3.12. The van der Waals surface area contributed by atoms with Crippen LogP contribution in [0.25, 0.3) is 0 Å². The first kappa shape index (κ1) is 13.1. The molecule has 0 aliphatic heterocycles. The van der Waals surface area contributed by atoms with E-state index in [1.807, 2.05) is 13.8 Å². The molecule has 0 aromatic heterocycles. The Balaban J connectivity index is 3.67. The maximum Gasteiger partial charge on any atom is 0.224 e. The highest BCUT2D eigenvalue weighted by atomic mass is 32.1. The Morgan fingerprint density at radius 1 is 1.43 bits per heavy atom. The lowest BCUT2D eigenvalue weighted by atomic mass is 10.3. The minimum atomic E-state index is 0.127. The topological polar surface area (TPSA) is 70.4 Å². The van der Waals surface area contributed by atoms with Gasteiger partial charge in [0.05, 0.1) is 0 Å². The summed E-state index contributed by atoms with van der Waals surface area (Å²) in [4.78, 5) is 13.2. The molecule has 0 heterocycles. The van der Waals surface area contributed by atoms with Gasteiger partial charge in [-0.2, -0.15) is 0 Å². The van der Waals surface area contributed by atoms with Crippen molar-refractivity contribution in [1.82, 2.24) is 15.6 Å². The van der Waals surface area contributed by atoms with Crippen molar-refractivity contribution >= 4 is 23.2 Å². The quantitative estimate of drug-likeness (QED) is 0.332. The Labute approximate surface area is 90.0 Å². The van der Waals surface area contributed by atoms with Crippen LogP contribution < -0.4 is 16.6 Å². The molecule has 5 nitrogen and oxygen atoms in total. The highest BCUT2D eigenvalue weighted by Crippen LogP contribution is 1.92. The van der Waals surface area contributed by atoms with Gasteiger partial charge in [0.2, 0.25) is 5.91 Å². The van der Waals surface area contributed by atoms with Gasteiger partial charge in [0.25, 0.3) is 0 Å². The third-order valence-electron chi connectivity index (χ3n) is 1.87. The molecule has 0 spiro atoms. The first-order valence-electron chi connectivity index (χ1n) is 4.67. The molecule has 0 aromatic rings. The van der Waals surface area contributed by atoms with E-state index in [1.165, 1.54) is 0 Å².